The van der Waals surface area contributed by atoms with Crippen LogP contribution in [-0.4, -0.2) is 4.57 Å². The summed E-state index contributed by atoms with van der Waals surface area (Å²) in [6, 6.07) is 39.5. The molecule has 1 aliphatic rings. The Morgan fingerprint density at radius 1 is 0.641 bits per heavy atom. The van der Waals surface area contributed by atoms with E-state index >= 15 is 0 Å². The Balaban J connectivity index is 1.21. The Hall–Kier alpha value is -4.60. The molecule has 5 aromatic carbocycles. The van der Waals surface area contributed by atoms with E-state index in [2.05, 4.69) is 120 Å². The van der Waals surface area contributed by atoms with Crippen LogP contribution in [0.15, 0.2) is 120 Å². The van der Waals surface area contributed by atoms with Crippen molar-refractivity contribution in [2.45, 2.75) is 12.3 Å². The molecule has 0 fully saturated rings. The zero-order valence-corrected chi connectivity index (χ0v) is 21.9. The van der Waals surface area contributed by atoms with Gasteiger partial charge < -0.3 is 8.98 Å². The highest BCUT2D eigenvalue weighted by molar-refractivity contribution is 7.19. The first-order valence-corrected chi connectivity index (χ1v) is 14.3. The van der Waals surface area contributed by atoms with Gasteiger partial charge in [0.1, 0.15) is 11.2 Å². The van der Waals surface area contributed by atoms with Crippen molar-refractivity contribution in [3.8, 4) is 5.69 Å². The third kappa shape index (κ3) is 3.02. The van der Waals surface area contributed by atoms with E-state index in [0.717, 1.165) is 17.6 Å². The molecule has 1 atom stereocenters. The zero-order chi connectivity index (χ0) is 25.5. The molecule has 3 heteroatoms. The summed E-state index contributed by atoms with van der Waals surface area (Å²) in [6.45, 7) is 0. The van der Waals surface area contributed by atoms with Crippen LogP contribution < -0.4 is 0 Å². The lowest BCUT2D eigenvalue weighted by molar-refractivity contribution is 0.667. The number of aromatic nitrogens is 1. The minimum Gasteiger partial charge on any atom is -0.456 e. The van der Waals surface area contributed by atoms with Crippen molar-refractivity contribution in [1.29, 1.82) is 0 Å². The molecule has 2 nitrogen and oxygen atoms in total. The van der Waals surface area contributed by atoms with Crippen LogP contribution in [-0.2, 0) is 0 Å². The molecule has 39 heavy (non-hydrogen) atoms. The first-order chi connectivity index (χ1) is 19.3. The molecule has 0 bridgehead atoms. The first kappa shape index (κ1) is 21.3. The van der Waals surface area contributed by atoms with Gasteiger partial charge in [0.25, 0.3) is 0 Å². The lowest BCUT2D eigenvalue weighted by Crippen LogP contribution is -2.02. The minimum atomic E-state index is 0.330. The van der Waals surface area contributed by atoms with Crippen molar-refractivity contribution in [2.24, 2.45) is 0 Å². The van der Waals surface area contributed by atoms with Crippen molar-refractivity contribution in [1.82, 2.24) is 4.57 Å². The van der Waals surface area contributed by atoms with Gasteiger partial charge >= 0.3 is 0 Å². The van der Waals surface area contributed by atoms with Crippen LogP contribution in [0.4, 0.5) is 0 Å². The van der Waals surface area contributed by atoms with E-state index in [0.29, 0.717) is 5.92 Å². The number of hydrogen-bond donors (Lipinski definition) is 0. The fraction of sp³-hybridized carbons (Fsp3) is 0.0556. The van der Waals surface area contributed by atoms with Gasteiger partial charge in [0.2, 0.25) is 0 Å². The van der Waals surface area contributed by atoms with Gasteiger partial charge in [-0.05, 0) is 60.0 Å². The highest BCUT2D eigenvalue weighted by Crippen LogP contribution is 2.46. The van der Waals surface area contributed by atoms with Crippen LogP contribution >= 0.6 is 11.3 Å². The van der Waals surface area contributed by atoms with Gasteiger partial charge in [-0.3, -0.25) is 0 Å². The number of rotatable bonds is 2. The highest BCUT2D eigenvalue weighted by atomic mass is 32.1. The van der Waals surface area contributed by atoms with Gasteiger partial charge in [-0.1, -0.05) is 78.9 Å². The Morgan fingerprint density at radius 3 is 2.18 bits per heavy atom. The maximum atomic E-state index is 6.24. The summed E-state index contributed by atoms with van der Waals surface area (Å²) >= 11 is 1.94. The van der Waals surface area contributed by atoms with Crippen molar-refractivity contribution in [3.63, 3.8) is 0 Å². The lowest BCUT2D eigenvalue weighted by Gasteiger charge is -2.19. The predicted molar refractivity (Wildman–Crippen MR) is 165 cm³/mol. The van der Waals surface area contributed by atoms with Crippen molar-refractivity contribution in [2.75, 3.05) is 0 Å². The van der Waals surface area contributed by atoms with Gasteiger partial charge in [-0.2, -0.15) is 0 Å². The maximum Gasteiger partial charge on any atom is 0.135 e. The predicted octanol–water partition coefficient (Wildman–Crippen LogP) is 10.4. The quantitative estimate of drug-likeness (QED) is 0.223. The SMILES string of the molecule is C1=Cc2c(sc3ccc(-n4c5ccccc5c5ccccc54)cc23)C(c2ccc3c(c2)oc2ccccc23)C1. The Labute approximate surface area is 229 Å². The van der Waals surface area contributed by atoms with E-state index in [-0.39, 0.29) is 0 Å². The second-order valence-electron chi connectivity index (χ2n) is 10.5. The highest BCUT2D eigenvalue weighted by Gasteiger charge is 2.25. The lowest BCUT2D eigenvalue weighted by atomic mass is 9.87. The van der Waals surface area contributed by atoms with Crippen LogP contribution in [0.25, 0.3) is 65.6 Å². The summed E-state index contributed by atoms with van der Waals surface area (Å²) < 4.78 is 9.99. The van der Waals surface area contributed by atoms with Crippen LogP contribution in [0.2, 0.25) is 0 Å². The Bertz CT molecular complexity index is 2220. The van der Waals surface area contributed by atoms with Gasteiger partial charge in [0.15, 0.2) is 0 Å². The number of benzene rings is 5. The summed E-state index contributed by atoms with van der Waals surface area (Å²) in [7, 11) is 0. The number of para-hydroxylation sites is 3. The molecule has 8 aromatic rings. The van der Waals surface area contributed by atoms with E-state index in [1.807, 2.05) is 17.4 Å². The third-order valence-corrected chi connectivity index (χ3v) is 9.66. The van der Waals surface area contributed by atoms with Gasteiger partial charge in [-0.25, -0.2) is 0 Å². The molecule has 0 saturated heterocycles. The average Bonchev–Trinajstić information content (AvgIpc) is 3.66. The fourth-order valence-electron chi connectivity index (χ4n) is 6.57. The molecule has 1 aliphatic carbocycles. The molecule has 3 aromatic heterocycles. The number of allylic oxidation sites excluding steroid dienone is 1. The third-order valence-electron chi connectivity index (χ3n) is 8.35. The van der Waals surface area contributed by atoms with E-state index in [1.165, 1.54) is 64.4 Å². The Kier molecular flexibility index (Phi) is 4.35. The molecular weight excluding hydrogens is 494 g/mol. The van der Waals surface area contributed by atoms with Crippen LogP contribution in [0, 0.1) is 0 Å². The van der Waals surface area contributed by atoms with Gasteiger partial charge in [-0.15, -0.1) is 11.3 Å². The summed E-state index contributed by atoms with van der Waals surface area (Å²) in [5.74, 6) is 0.330. The Morgan fingerprint density at radius 2 is 1.36 bits per heavy atom. The molecule has 9 rings (SSSR count). The number of furan rings is 1. The normalized spacial score (nSPS) is 15.2. The van der Waals surface area contributed by atoms with Crippen molar-refractivity contribution in [3.05, 3.63) is 131 Å². The minimum absolute atomic E-state index is 0.330. The first-order valence-electron chi connectivity index (χ1n) is 13.5. The van der Waals surface area contributed by atoms with Crippen LogP contribution in [0.5, 0.6) is 0 Å². The van der Waals surface area contributed by atoms with Crippen molar-refractivity contribution < 1.29 is 4.42 Å². The molecule has 184 valence electrons. The van der Waals surface area contributed by atoms with Crippen LogP contribution in [0.3, 0.4) is 0 Å². The number of nitrogens with zero attached hydrogens (tertiary/aromatic N) is 1. The smallest absolute Gasteiger partial charge is 0.135 e. The topological polar surface area (TPSA) is 18.1 Å². The molecule has 0 amide bonds. The largest absolute Gasteiger partial charge is 0.456 e. The van der Waals surface area contributed by atoms with E-state index in [9.17, 15) is 0 Å². The summed E-state index contributed by atoms with van der Waals surface area (Å²) in [5.41, 5.74) is 8.30. The van der Waals surface area contributed by atoms with Crippen LogP contribution in [0.1, 0.15) is 28.3 Å². The maximum absolute atomic E-state index is 6.24. The van der Waals surface area contributed by atoms with E-state index in [1.54, 1.807) is 0 Å². The standard InChI is InChI=1S/C36H23NOS/c1-4-13-31-25(8-1)26-9-2-5-14-32(26)37(31)23-17-19-35-30(21-23)29-12-7-11-24(36(29)39-35)22-16-18-28-27-10-3-6-15-33(27)38-34(28)20-22/h1-10,12-21,24H,11H2. The molecule has 1 unspecified atom stereocenters. The molecule has 0 spiro atoms. The molecule has 0 radical (unpaired) electrons. The average molecular weight is 518 g/mol. The summed E-state index contributed by atoms with van der Waals surface area (Å²) in [4.78, 5) is 1.45. The number of thiophene rings is 1. The van der Waals surface area contributed by atoms with Gasteiger partial charge in [0.05, 0.1) is 11.0 Å². The van der Waals surface area contributed by atoms with Crippen molar-refractivity contribution >= 4 is 71.2 Å². The number of fused-ring (bicyclic) bond motifs is 9. The molecular formula is C36H23NOS. The second-order valence-corrected chi connectivity index (χ2v) is 11.6. The number of hydrogen-bond acceptors (Lipinski definition) is 2. The fourth-order valence-corrected chi connectivity index (χ4v) is 7.88. The second kappa shape index (κ2) is 7.95. The monoisotopic (exact) mass is 517 g/mol. The van der Waals surface area contributed by atoms with Gasteiger partial charge in [0, 0.05) is 48.1 Å². The molecule has 0 saturated carbocycles. The van der Waals surface area contributed by atoms with E-state index < -0.39 is 0 Å². The zero-order valence-electron chi connectivity index (χ0n) is 21.1. The summed E-state index contributed by atoms with van der Waals surface area (Å²) in [6.07, 6.45) is 5.68. The molecule has 3 heterocycles. The molecule has 0 N–H and O–H groups in total. The van der Waals surface area contributed by atoms with E-state index in [4.69, 9.17) is 4.42 Å². The molecule has 0 aliphatic heterocycles. The summed E-state index contributed by atoms with van der Waals surface area (Å²) in [5, 5.41) is 6.29.